The van der Waals surface area contributed by atoms with E-state index in [2.05, 4.69) is 10.3 Å². The van der Waals surface area contributed by atoms with Gasteiger partial charge in [-0.25, -0.2) is 0 Å². The third-order valence-corrected chi connectivity index (χ3v) is 3.83. The summed E-state index contributed by atoms with van der Waals surface area (Å²) < 4.78 is 37.9. The summed E-state index contributed by atoms with van der Waals surface area (Å²) in [5.41, 5.74) is 1.20. The molecule has 0 amide bonds. The number of halogens is 4. The lowest BCUT2D eigenvalue weighted by Crippen LogP contribution is -2.09. The number of benzene rings is 1. The molecule has 0 aliphatic rings. The first kappa shape index (κ1) is 14.1. The second kappa shape index (κ2) is 5.38. The molecule has 102 valence electrons. The fraction of sp³-hybridized carbons (Fsp3) is 0.250. The fourth-order valence-electron chi connectivity index (χ4n) is 1.56. The van der Waals surface area contributed by atoms with Crippen molar-refractivity contribution >= 4 is 28.6 Å². The molecular weight excluding hydrogens is 297 g/mol. The molecule has 7 heteroatoms. The van der Waals surface area contributed by atoms with Crippen molar-refractivity contribution in [2.24, 2.45) is 0 Å². The Morgan fingerprint density at radius 3 is 2.68 bits per heavy atom. The van der Waals surface area contributed by atoms with E-state index in [1.165, 1.54) is 17.4 Å². The summed E-state index contributed by atoms with van der Waals surface area (Å²) in [6.45, 7) is 1.84. The molecular formula is C12H10ClF3N2S. The zero-order valence-electron chi connectivity index (χ0n) is 9.83. The number of nitrogens with one attached hydrogen (secondary N) is 1. The third-order valence-electron chi connectivity index (χ3n) is 2.54. The highest BCUT2D eigenvalue weighted by atomic mass is 35.5. The van der Waals surface area contributed by atoms with E-state index in [1.54, 1.807) is 11.7 Å². The van der Waals surface area contributed by atoms with Gasteiger partial charge in [0.25, 0.3) is 0 Å². The maximum absolute atomic E-state index is 12.6. The highest BCUT2D eigenvalue weighted by Crippen LogP contribution is 2.35. The monoisotopic (exact) mass is 306 g/mol. The summed E-state index contributed by atoms with van der Waals surface area (Å²) in [5, 5.41) is 3.22. The molecule has 0 saturated heterocycles. The molecule has 0 spiro atoms. The number of alkyl halides is 3. The zero-order valence-corrected chi connectivity index (χ0v) is 11.4. The molecule has 1 aromatic heterocycles. The minimum atomic E-state index is -4.38. The topological polar surface area (TPSA) is 24.9 Å². The van der Waals surface area contributed by atoms with Crippen molar-refractivity contribution < 1.29 is 13.2 Å². The van der Waals surface area contributed by atoms with Gasteiger partial charge in [-0.15, -0.1) is 11.3 Å². The van der Waals surface area contributed by atoms with E-state index in [-0.39, 0.29) is 16.8 Å². The Bertz CT molecular complexity index is 555. The molecule has 2 nitrogen and oxygen atoms in total. The smallest absolute Gasteiger partial charge is 0.376 e. The number of thiazole rings is 1. The first-order valence-corrected chi connectivity index (χ1v) is 6.65. The minimum Gasteiger partial charge on any atom is -0.376 e. The third kappa shape index (κ3) is 3.39. The van der Waals surface area contributed by atoms with Crippen LogP contribution >= 0.6 is 22.9 Å². The molecule has 1 aromatic carbocycles. The lowest BCUT2D eigenvalue weighted by molar-refractivity contribution is -0.137. The Morgan fingerprint density at radius 2 is 2.11 bits per heavy atom. The van der Waals surface area contributed by atoms with Gasteiger partial charge in [0.15, 0.2) is 0 Å². The van der Waals surface area contributed by atoms with Gasteiger partial charge in [-0.1, -0.05) is 11.6 Å². The molecule has 2 rings (SSSR count). The average molecular weight is 307 g/mol. The predicted molar refractivity (Wildman–Crippen MR) is 70.6 cm³/mol. The number of hydrogen-bond acceptors (Lipinski definition) is 3. The van der Waals surface area contributed by atoms with Gasteiger partial charge in [0.05, 0.1) is 27.8 Å². The number of rotatable bonds is 3. The molecule has 1 N–H and O–H groups in total. The first-order chi connectivity index (χ1) is 8.88. The van der Waals surface area contributed by atoms with Crippen molar-refractivity contribution in [2.75, 3.05) is 5.32 Å². The van der Waals surface area contributed by atoms with Crippen molar-refractivity contribution in [3.8, 4) is 0 Å². The van der Waals surface area contributed by atoms with Gasteiger partial charge >= 0.3 is 6.18 Å². The summed E-state index contributed by atoms with van der Waals surface area (Å²) in [4.78, 5) is 4.85. The van der Waals surface area contributed by atoms with Crippen LogP contribution in [0, 0.1) is 0 Å². The minimum absolute atomic E-state index is 0.159. The molecule has 1 atom stereocenters. The van der Waals surface area contributed by atoms with Gasteiger partial charge in [0.2, 0.25) is 0 Å². The summed E-state index contributed by atoms with van der Waals surface area (Å²) in [6.07, 6.45) is -2.71. The second-order valence-electron chi connectivity index (χ2n) is 3.96. The number of aromatic nitrogens is 1. The van der Waals surface area contributed by atoms with Crippen molar-refractivity contribution in [1.82, 2.24) is 4.98 Å². The highest BCUT2D eigenvalue weighted by molar-refractivity contribution is 7.09. The maximum Gasteiger partial charge on any atom is 0.416 e. The summed E-state index contributed by atoms with van der Waals surface area (Å²) >= 11 is 7.34. The summed E-state index contributed by atoms with van der Waals surface area (Å²) in [6, 6.07) is 3.06. The van der Waals surface area contributed by atoms with Crippen LogP contribution in [0.15, 0.2) is 29.9 Å². The quantitative estimate of drug-likeness (QED) is 0.864. The van der Waals surface area contributed by atoms with E-state index in [4.69, 9.17) is 11.6 Å². The van der Waals surface area contributed by atoms with Crippen molar-refractivity contribution in [2.45, 2.75) is 19.1 Å². The molecule has 0 fully saturated rings. The van der Waals surface area contributed by atoms with Gasteiger partial charge in [0, 0.05) is 11.1 Å². The Balaban J connectivity index is 2.25. The van der Waals surface area contributed by atoms with Gasteiger partial charge in [-0.2, -0.15) is 13.2 Å². The molecule has 19 heavy (non-hydrogen) atoms. The largest absolute Gasteiger partial charge is 0.416 e. The first-order valence-electron chi connectivity index (χ1n) is 5.39. The van der Waals surface area contributed by atoms with Gasteiger partial charge < -0.3 is 5.32 Å². The Hall–Kier alpha value is -1.27. The van der Waals surface area contributed by atoms with Crippen molar-refractivity contribution in [1.29, 1.82) is 0 Å². The predicted octanol–water partition coefficient (Wildman–Crippen LogP) is 4.99. The van der Waals surface area contributed by atoms with Crippen molar-refractivity contribution in [3.63, 3.8) is 0 Å². The Kier molecular flexibility index (Phi) is 4.01. The average Bonchev–Trinajstić information content (AvgIpc) is 2.84. The van der Waals surface area contributed by atoms with Crippen LogP contribution in [0.4, 0.5) is 18.9 Å². The van der Waals surface area contributed by atoms with Crippen LogP contribution in [0.25, 0.3) is 0 Å². The molecule has 1 unspecified atom stereocenters. The Morgan fingerprint density at radius 1 is 1.37 bits per heavy atom. The van der Waals surface area contributed by atoms with E-state index < -0.39 is 11.7 Å². The Labute approximate surface area is 117 Å². The molecule has 0 aliphatic carbocycles. The van der Waals surface area contributed by atoms with Crippen LogP contribution in [0.2, 0.25) is 5.02 Å². The lowest BCUT2D eigenvalue weighted by Gasteiger charge is -2.16. The van der Waals surface area contributed by atoms with Crippen LogP contribution in [0.1, 0.15) is 23.4 Å². The lowest BCUT2D eigenvalue weighted by atomic mass is 10.1. The van der Waals surface area contributed by atoms with Crippen LogP contribution in [0.5, 0.6) is 0 Å². The van der Waals surface area contributed by atoms with E-state index in [9.17, 15) is 13.2 Å². The highest BCUT2D eigenvalue weighted by Gasteiger charge is 2.31. The number of nitrogens with zero attached hydrogens (tertiary/aromatic N) is 1. The van der Waals surface area contributed by atoms with Gasteiger partial charge in [-0.05, 0) is 25.1 Å². The van der Waals surface area contributed by atoms with E-state index in [0.717, 1.165) is 17.0 Å². The summed E-state index contributed by atoms with van der Waals surface area (Å²) in [7, 11) is 0. The van der Waals surface area contributed by atoms with Crippen LogP contribution in [0.3, 0.4) is 0 Å². The van der Waals surface area contributed by atoms with Crippen LogP contribution in [-0.2, 0) is 6.18 Å². The van der Waals surface area contributed by atoms with Gasteiger partial charge in [-0.3, -0.25) is 4.98 Å². The van der Waals surface area contributed by atoms with Crippen LogP contribution < -0.4 is 5.32 Å². The van der Waals surface area contributed by atoms with Gasteiger partial charge in [0.1, 0.15) is 0 Å². The maximum atomic E-state index is 12.6. The zero-order chi connectivity index (χ0) is 14.0. The molecule has 1 heterocycles. The molecule has 0 saturated carbocycles. The number of hydrogen-bond donors (Lipinski definition) is 1. The molecule has 0 aliphatic heterocycles. The van der Waals surface area contributed by atoms with E-state index in [1.807, 2.05) is 6.92 Å². The number of anilines is 1. The summed E-state index contributed by atoms with van der Waals surface area (Å²) in [5.74, 6) is 0. The molecule has 0 bridgehead atoms. The van der Waals surface area contributed by atoms with Crippen molar-refractivity contribution in [3.05, 3.63) is 45.4 Å². The van der Waals surface area contributed by atoms with E-state index >= 15 is 0 Å². The molecule has 2 aromatic rings. The SMILES string of the molecule is CC(Nc1cc(C(F)(F)F)ccc1Cl)c1cncs1. The second-order valence-corrected chi connectivity index (χ2v) is 5.29. The fourth-order valence-corrected chi connectivity index (χ4v) is 2.36. The normalized spacial score (nSPS) is 13.3. The van der Waals surface area contributed by atoms with Crippen LogP contribution in [-0.4, -0.2) is 4.98 Å². The standard InChI is InChI=1S/C12H10ClF3N2S/c1-7(11-5-17-6-19-11)18-10-4-8(12(14,15)16)2-3-9(10)13/h2-7,18H,1H3. The molecule has 0 radical (unpaired) electrons. The van der Waals surface area contributed by atoms with E-state index in [0.29, 0.717) is 0 Å².